The van der Waals surface area contributed by atoms with E-state index in [4.69, 9.17) is 5.26 Å². The van der Waals surface area contributed by atoms with Crippen LogP contribution in [-0.2, 0) is 0 Å². The van der Waals surface area contributed by atoms with Crippen molar-refractivity contribution in [3.63, 3.8) is 0 Å². The molecule has 1 heterocycles. The smallest absolute Gasteiger partial charge is 0.307 e. The zero-order valence-corrected chi connectivity index (χ0v) is 9.34. The molecule has 2 unspecified atom stereocenters. The first-order valence-electron chi connectivity index (χ1n) is 5.10. The Morgan fingerprint density at radius 1 is 1.35 bits per heavy atom. The molecule has 1 N–H and O–H groups in total. The lowest BCUT2D eigenvalue weighted by Crippen LogP contribution is -2.63. The molecule has 1 fully saturated rings. The third-order valence-corrected chi connectivity index (χ3v) is 2.64. The Morgan fingerprint density at radius 2 is 2.00 bits per heavy atom. The molecule has 2 atom stereocenters. The van der Waals surface area contributed by atoms with Gasteiger partial charge in [-0.25, -0.2) is 4.39 Å². The van der Waals surface area contributed by atoms with E-state index in [2.05, 4.69) is 5.32 Å². The van der Waals surface area contributed by atoms with Crippen molar-refractivity contribution in [1.29, 1.82) is 5.26 Å². The van der Waals surface area contributed by atoms with Gasteiger partial charge in [0.1, 0.15) is 6.04 Å². The van der Waals surface area contributed by atoms with Crippen molar-refractivity contribution in [2.75, 3.05) is 33.4 Å². The fourth-order valence-electron chi connectivity index (χ4n) is 1.83. The lowest BCUT2D eigenvalue weighted by molar-refractivity contribution is -0.209. The van der Waals surface area contributed by atoms with Crippen LogP contribution in [0, 0.1) is 11.3 Å². The second kappa shape index (κ2) is 5.62. The van der Waals surface area contributed by atoms with Crippen LogP contribution in [0.1, 0.15) is 0 Å². The molecule has 0 amide bonds. The number of nitrogens with zero attached hydrogens (tertiary/aromatic N) is 3. The first kappa shape index (κ1) is 14.2. The first-order chi connectivity index (χ1) is 7.90. The monoisotopic (exact) mass is 254 g/mol. The molecule has 0 aromatic carbocycles. The average Bonchev–Trinajstić information content (AvgIpc) is 2.20. The Kier molecular flexibility index (Phi) is 4.68. The highest BCUT2D eigenvalue weighted by Gasteiger charge is 2.48. The molecule has 1 aliphatic heterocycles. The van der Waals surface area contributed by atoms with Gasteiger partial charge in [-0.2, -0.15) is 18.4 Å². The van der Waals surface area contributed by atoms with Gasteiger partial charge < -0.3 is 5.32 Å². The van der Waals surface area contributed by atoms with Gasteiger partial charge in [-0.1, -0.05) is 0 Å². The molecule has 0 aromatic heterocycles. The standard InChI is InChI=1S/C9H14F4N4/c1-15-6-17-5-8(10)16(3-2-14)4-7(17)9(11,12)13/h7-8,15H,3-6H2,1H3. The SMILES string of the molecule is CNCN1CC(F)N(CC#N)CC1C(F)(F)F. The Morgan fingerprint density at radius 3 is 2.47 bits per heavy atom. The number of nitrogens with one attached hydrogen (secondary N) is 1. The van der Waals surface area contributed by atoms with Gasteiger partial charge in [-0.05, 0) is 7.05 Å². The van der Waals surface area contributed by atoms with E-state index < -0.39 is 25.1 Å². The lowest BCUT2D eigenvalue weighted by atomic mass is 10.1. The van der Waals surface area contributed by atoms with Crippen LogP contribution in [0.4, 0.5) is 17.6 Å². The molecule has 0 saturated carbocycles. The summed E-state index contributed by atoms with van der Waals surface area (Å²) >= 11 is 0. The normalized spacial score (nSPS) is 28.0. The topological polar surface area (TPSA) is 42.3 Å². The molecule has 0 bridgehead atoms. The second-order valence-corrected chi connectivity index (χ2v) is 3.86. The molecule has 0 radical (unpaired) electrons. The van der Waals surface area contributed by atoms with Gasteiger partial charge in [0, 0.05) is 19.8 Å². The van der Waals surface area contributed by atoms with Crippen LogP contribution < -0.4 is 5.32 Å². The minimum atomic E-state index is -4.43. The van der Waals surface area contributed by atoms with Crippen LogP contribution in [0.3, 0.4) is 0 Å². The van der Waals surface area contributed by atoms with Crippen molar-refractivity contribution < 1.29 is 17.6 Å². The van der Waals surface area contributed by atoms with Crippen LogP contribution in [0.25, 0.3) is 0 Å². The Labute approximate surface area is 96.8 Å². The highest BCUT2D eigenvalue weighted by molar-refractivity contribution is 4.91. The van der Waals surface area contributed by atoms with E-state index >= 15 is 0 Å². The maximum absolute atomic E-state index is 13.5. The summed E-state index contributed by atoms with van der Waals surface area (Å²) in [5.41, 5.74) is 0. The summed E-state index contributed by atoms with van der Waals surface area (Å²) in [5, 5.41) is 11.0. The van der Waals surface area contributed by atoms with Crippen LogP contribution >= 0.6 is 0 Å². The van der Waals surface area contributed by atoms with Crippen molar-refractivity contribution in [2.24, 2.45) is 0 Å². The van der Waals surface area contributed by atoms with Gasteiger partial charge >= 0.3 is 6.18 Å². The Bertz CT molecular complexity index is 288. The molecule has 0 aliphatic carbocycles. The minimum Gasteiger partial charge on any atom is -0.307 e. The summed E-state index contributed by atoms with van der Waals surface area (Å²) in [5.74, 6) is 0. The zero-order valence-electron chi connectivity index (χ0n) is 9.34. The van der Waals surface area contributed by atoms with Gasteiger partial charge in [0.05, 0.1) is 12.6 Å². The number of piperazine rings is 1. The van der Waals surface area contributed by atoms with Crippen molar-refractivity contribution >= 4 is 0 Å². The summed E-state index contributed by atoms with van der Waals surface area (Å²) in [6, 6.07) is -0.0694. The number of nitriles is 1. The van der Waals surface area contributed by atoms with Crippen molar-refractivity contribution in [2.45, 2.75) is 18.5 Å². The largest absolute Gasteiger partial charge is 0.405 e. The van der Waals surface area contributed by atoms with Crippen LogP contribution in [0.15, 0.2) is 0 Å². The maximum atomic E-state index is 13.5. The van der Waals surface area contributed by atoms with E-state index in [1.54, 1.807) is 6.07 Å². The van der Waals surface area contributed by atoms with E-state index in [-0.39, 0.29) is 19.8 Å². The number of hydrogen-bond acceptors (Lipinski definition) is 4. The molecule has 1 aliphatic rings. The van der Waals surface area contributed by atoms with E-state index in [1.165, 1.54) is 7.05 Å². The van der Waals surface area contributed by atoms with Gasteiger partial charge in [-0.15, -0.1) is 0 Å². The van der Waals surface area contributed by atoms with Crippen LogP contribution in [0.2, 0.25) is 0 Å². The van der Waals surface area contributed by atoms with Crippen LogP contribution in [0.5, 0.6) is 0 Å². The molecule has 4 nitrogen and oxygen atoms in total. The van der Waals surface area contributed by atoms with Gasteiger partial charge in [0.2, 0.25) is 0 Å². The number of halogens is 4. The average molecular weight is 254 g/mol. The van der Waals surface area contributed by atoms with Gasteiger partial charge in [-0.3, -0.25) is 9.80 Å². The summed E-state index contributed by atoms with van der Waals surface area (Å²) in [6.07, 6.45) is -5.97. The summed E-state index contributed by atoms with van der Waals surface area (Å²) in [4.78, 5) is 1.91. The van der Waals surface area contributed by atoms with E-state index in [0.717, 1.165) is 9.80 Å². The molecule has 8 heteroatoms. The number of rotatable bonds is 3. The molecule has 98 valence electrons. The molecule has 0 spiro atoms. The van der Waals surface area contributed by atoms with Gasteiger partial charge in [0.25, 0.3) is 0 Å². The Hall–Kier alpha value is -0.910. The first-order valence-corrected chi connectivity index (χ1v) is 5.10. The quantitative estimate of drug-likeness (QED) is 0.453. The van der Waals surface area contributed by atoms with E-state index in [9.17, 15) is 17.6 Å². The third-order valence-electron chi connectivity index (χ3n) is 2.64. The van der Waals surface area contributed by atoms with E-state index in [1.807, 2.05) is 0 Å². The highest BCUT2D eigenvalue weighted by Crippen LogP contribution is 2.29. The molecule has 17 heavy (non-hydrogen) atoms. The summed E-state index contributed by atoms with van der Waals surface area (Å²) in [6.45, 7) is -1.24. The number of hydrogen-bond donors (Lipinski definition) is 1. The van der Waals surface area contributed by atoms with Crippen molar-refractivity contribution in [1.82, 2.24) is 15.1 Å². The lowest BCUT2D eigenvalue weighted by Gasteiger charge is -2.42. The predicted octanol–water partition coefficient (Wildman–Crippen LogP) is 0.531. The van der Waals surface area contributed by atoms with Gasteiger partial charge in [0.15, 0.2) is 6.30 Å². The Balaban J connectivity index is 2.78. The van der Waals surface area contributed by atoms with Crippen molar-refractivity contribution in [3.8, 4) is 6.07 Å². The maximum Gasteiger partial charge on any atom is 0.405 e. The zero-order chi connectivity index (χ0) is 13.1. The molecule has 1 rings (SSSR count). The van der Waals surface area contributed by atoms with Crippen molar-refractivity contribution in [3.05, 3.63) is 0 Å². The molecule has 0 aromatic rings. The predicted molar refractivity (Wildman–Crippen MR) is 52.6 cm³/mol. The summed E-state index contributed by atoms with van der Waals surface area (Å²) in [7, 11) is 1.50. The minimum absolute atomic E-state index is 0.0367. The fourth-order valence-corrected chi connectivity index (χ4v) is 1.83. The molecule has 1 saturated heterocycles. The fraction of sp³-hybridized carbons (Fsp3) is 0.889. The van der Waals surface area contributed by atoms with Crippen LogP contribution in [-0.4, -0.2) is 61.7 Å². The number of alkyl halides is 4. The highest BCUT2D eigenvalue weighted by atomic mass is 19.4. The van der Waals surface area contributed by atoms with E-state index in [0.29, 0.717) is 0 Å². The summed E-state index contributed by atoms with van der Waals surface area (Å²) < 4.78 is 51.8. The second-order valence-electron chi connectivity index (χ2n) is 3.86. The molecular formula is C9H14F4N4. The third kappa shape index (κ3) is 3.52. The molecular weight excluding hydrogens is 240 g/mol.